The maximum Gasteiger partial charge on any atom is 2.00 e. The first-order valence-electron chi connectivity index (χ1n) is 0. The minimum atomic E-state index is 0. The smallest absolute Gasteiger partial charge is 1.00 e. The van der Waals surface area contributed by atoms with Crippen molar-refractivity contribution in [3.05, 3.63) is 0 Å². The Morgan fingerprint density at radius 2 is 0.500 bits per heavy atom. The molecule has 0 heterocycles. The second-order valence-corrected chi connectivity index (χ2v) is 0. The molecule has 8 heteroatoms. The number of halogens is 6. The molecule has 0 amide bonds. The molecule has 0 aliphatic heterocycles. The Bertz CT molecular complexity index is 8.49. The van der Waals surface area contributed by atoms with Crippen LogP contribution in [0.25, 0.3) is 0 Å². The van der Waals surface area contributed by atoms with Crippen LogP contribution in [0.1, 0.15) is 0 Å². The monoisotopic (exact) mass is 238 g/mol. The molecule has 0 fully saturated rings. The minimum absolute atomic E-state index is 0. The van der Waals surface area contributed by atoms with Gasteiger partial charge in [0.25, 0.3) is 0 Å². The van der Waals surface area contributed by atoms with Gasteiger partial charge < -0.3 is 9.41 Å². The zero-order valence-electron chi connectivity index (χ0n) is 3.10. The van der Waals surface area contributed by atoms with Crippen molar-refractivity contribution in [2.45, 2.75) is 0 Å². The predicted molar refractivity (Wildman–Crippen MR) is 27.1 cm³/mol. The van der Waals surface area contributed by atoms with Crippen molar-refractivity contribution in [3.8, 4) is 0 Å². The fraction of sp³-hybridized carbons (Fsp3) is 0. The molecule has 0 saturated heterocycles. The second kappa shape index (κ2) is 269. The third-order valence-electron chi connectivity index (χ3n) is 0. The van der Waals surface area contributed by atoms with Crippen molar-refractivity contribution in [1.29, 1.82) is 0 Å². The normalized spacial score (nSPS) is 0. The Balaban J connectivity index is 0. The first-order chi connectivity index (χ1) is 0. The largest absolute Gasteiger partial charge is 2.00 e. The van der Waals surface area contributed by atoms with Crippen LogP contribution in [0.5, 0.6) is 0 Å². The molecular formula is H8F6SiSr. The van der Waals surface area contributed by atoms with Gasteiger partial charge in [0.2, 0.25) is 0 Å². The fourth-order valence-electron chi connectivity index (χ4n) is 0. The van der Waals surface area contributed by atoms with Crippen molar-refractivity contribution in [2.24, 2.45) is 0 Å². The molecule has 0 radical (unpaired) electrons. The van der Waals surface area contributed by atoms with Crippen LogP contribution in [-0.2, 0) is 0 Å². The van der Waals surface area contributed by atoms with Crippen LogP contribution in [0.4, 0.5) is 18.8 Å². The van der Waals surface area contributed by atoms with E-state index in [1.165, 1.54) is 0 Å². The molecule has 0 bridgehead atoms. The van der Waals surface area contributed by atoms with Gasteiger partial charge >= 0.3 is 45.5 Å². The molecule has 0 N–H and O–H groups in total. The van der Waals surface area contributed by atoms with Crippen LogP contribution in [-0.4, -0.2) is 56.4 Å². The van der Waals surface area contributed by atoms with Crippen LogP contribution < -0.4 is 9.41 Å². The van der Waals surface area contributed by atoms with Crippen LogP contribution >= 0.6 is 0 Å². The number of hydrogen-bond donors (Lipinski definition) is 0. The Labute approximate surface area is 83.9 Å². The van der Waals surface area contributed by atoms with Crippen LogP contribution in [0, 0.1) is 0 Å². The van der Waals surface area contributed by atoms with E-state index >= 15 is 0 Å². The van der Waals surface area contributed by atoms with E-state index in [2.05, 4.69) is 0 Å². The van der Waals surface area contributed by atoms with Gasteiger partial charge in [0.15, 0.2) is 0 Å². The molecule has 0 aromatic rings. The van der Waals surface area contributed by atoms with E-state index in [4.69, 9.17) is 0 Å². The number of hydrogen-bond acceptors (Lipinski definition) is 0. The zero-order valence-corrected chi connectivity index (χ0v) is 6.57. The fourth-order valence-corrected chi connectivity index (χ4v) is 0. The van der Waals surface area contributed by atoms with E-state index in [-0.39, 0.29) is 84.7 Å². The molecule has 0 rings (SSSR count). The zero-order chi connectivity index (χ0) is 0. The van der Waals surface area contributed by atoms with Gasteiger partial charge in [0, 0.05) is 0 Å². The molecule has 0 aromatic heterocycles. The minimum Gasteiger partial charge on any atom is -1.00 e. The molecule has 0 atom stereocenters. The van der Waals surface area contributed by atoms with Gasteiger partial charge in [-0.3, -0.25) is 18.8 Å². The average Bonchev–Trinajstić information content (AvgIpc) is 0. The van der Waals surface area contributed by atoms with Gasteiger partial charge in [-0.25, -0.2) is 0 Å². The molecule has 56 valence electrons. The predicted octanol–water partition coefficient (Wildman–Crippen LogP) is -7.21. The summed E-state index contributed by atoms with van der Waals surface area (Å²) in [5.41, 5.74) is 0. The van der Waals surface area contributed by atoms with E-state index < -0.39 is 0 Å². The summed E-state index contributed by atoms with van der Waals surface area (Å²) < 4.78 is 0. The molecule has 0 spiro atoms. The summed E-state index contributed by atoms with van der Waals surface area (Å²) in [6.07, 6.45) is 0. The molecular weight excluding hydrogens is 230 g/mol. The Morgan fingerprint density at radius 1 is 0.500 bits per heavy atom. The topological polar surface area (TPSA) is 0 Å². The third-order valence-corrected chi connectivity index (χ3v) is 0. The summed E-state index contributed by atoms with van der Waals surface area (Å²) >= 11 is 0. The van der Waals surface area contributed by atoms with Gasteiger partial charge in [-0.2, -0.15) is 0 Å². The summed E-state index contributed by atoms with van der Waals surface area (Å²) in [5.74, 6) is 0. The van der Waals surface area contributed by atoms with Crippen molar-refractivity contribution < 1.29 is 28.2 Å². The number of rotatable bonds is 0. The van der Waals surface area contributed by atoms with E-state index in [9.17, 15) is 0 Å². The quantitative estimate of drug-likeness (QED) is 0.290. The maximum absolute atomic E-state index is 0. The molecule has 0 unspecified atom stereocenters. The van der Waals surface area contributed by atoms with E-state index in [1.807, 2.05) is 0 Å². The van der Waals surface area contributed by atoms with Gasteiger partial charge in [-0.15, -0.1) is 0 Å². The summed E-state index contributed by atoms with van der Waals surface area (Å²) in [6, 6.07) is 0. The van der Waals surface area contributed by atoms with E-state index in [1.54, 1.807) is 0 Å². The van der Waals surface area contributed by atoms with Crippen LogP contribution in [0.3, 0.4) is 0 Å². The molecule has 8 heavy (non-hydrogen) atoms. The van der Waals surface area contributed by atoms with Crippen LogP contribution in [0.2, 0.25) is 0 Å². The van der Waals surface area contributed by atoms with Gasteiger partial charge in [-0.05, 0) is 11.0 Å². The summed E-state index contributed by atoms with van der Waals surface area (Å²) in [5, 5.41) is 0. The third kappa shape index (κ3) is 176. The van der Waals surface area contributed by atoms with Crippen molar-refractivity contribution in [3.63, 3.8) is 0 Å². The van der Waals surface area contributed by atoms with Gasteiger partial charge in [0.05, 0.1) is 0 Å². The van der Waals surface area contributed by atoms with Crippen molar-refractivity contribution in [1.82, 2.24) is 0 Å². The first kappa shape index (κ1) is 390. The van der Waals surface area contributed by atoms with E-state index in [0.29, 0.717) is 0 Å². The van der Waals surface area contributed by atoms with Crippen molar-refractivity contribution >= 4 is 56.4 Å². The first-order valence-corrected chi connectivity index (χ1v) is 0. The van der Waals surface area contributed by atoms with Gasteiger partial charge in [0.1, 0.15) is 0 Å². The second-order valence-electron chi connectivity index (χ2n) is 0. The molecule has 0 saturated carbocycles. The standard InChI is InChI=1S/6FH.H4Si.Sr/h6*1H;1H4;/q;;;;;;;+2/p-2. The van der Waals surface area contributed by atoms with Crippen molar-refractivity contribution in [2.75, 3.05) is 0 Å². The molecule has 0 aromatic carbocycles. The van der Waals surface area contributed by atoms with Crippen LogP contribution in [0.15, 0.2) is 0 Å². The Hall–Kier alpha value is 1.28. The molecule has 0 aliphatic rings. The SMILES string of the molecule is F.F.F.F.[F-].[F-].[SiH4].[Sr+2]. The molecule has 0 nitrogen and oxygen atoms in total. The summed E-state index contributed by atoms with van der Waals surface area (Å²) in [7, 11) is 0. The molecule has 0 aliphatic carbocycles. The Morgan fingerprint density at radius 3 is 0.500 bits per heavy atom. The average molecular weight is 238 g/mol. The maximum atomic E-state index is 0. The summed E-state index contributed by atoms with van der Waals surface area (Å²) in [4.78, 5) is 0. The van der Waals surface area contributed by atoms with Gasteiger partial charge in [-0.1, -0.05) is 0 Å². The summed E-state index contributed by atoms with van der Waals surface area (Å²) in [6.45, 7) is 0. The van der Waals surface area contributed by atoms with E-state index in [0.717, 1.165) is 0 Å². The Kier molecular flexibility index (Phi) is 13100.